The Bertz CT molecular complexity index is 708. The van der Waals surface area contributed by atoms with Gasteiger partial charge >= 0.3 is 0 Å². The molecule has 0 bridgehead atoms. The first kappa shape index (κ1) is 14.7. The van der Waals surface area contributed by atoms with E-state index in [1.807, 2.05) is 0 Å². The number of anilines is 3. The van der Waals surface area contributed by atoms with Gasteiger partial charge in [0.15, 0.2) is 17.6 Å². The summed E-state index contributed by atoms with van der Waals surface area (Å²) in [4.78, 5) is 18.0. The molecule has 0 amide bonds. The van der Waals surface area contributed by atoms with Crippen LogP contribution in [0.5, 0.6) is 0 Å². The van der Waals surface area contributed by atoms with Crippen LogP contribution in [0.3, 0.4) is 0 Å². The Labute approximate surface area is 141 Å². The first-order valence-electron chi connectivity index (χ1n) is 8.31. The molecule has 0 aliphatic carbocycles. The van der Waals surface area contributed by atoms with Gasteiger partial charge in [-0.05, 0) is 12.1 Å². The van der Waals surface area contributed by atoms with Crippen molar-refractivity contribution in [3.8, 4) is 0 Å². The lowest BCUT2D eigenvalue weighted by Gasteiger charge is -2.37. The summed E-state index contributed by atoms with van der Waals surface area (Å²) in [6.45, 7) is 5.45. The molecule has 1 aromatic heterocycles. The van der Waals surface area contributed by atoms with E-state index in [2.05, 4.69) is 65.7 Å². The van der Waals surface area contributed by atoms with E-state index in [-0.39, 0.29) is 0 Å². The zero-order valence-electron chi connectivity index (χ0n) is 13.5. The van der Waals surface area contributed by atoms with Crippen molar-refractivity contribution in [2.45, 2.75) is 0 Å². The average molecular weight is 323 g/mol. The molecule has 2 aliphatic heterocycles. The lowest BCUT2D eigenvalue weighted by atomic mass is 10.2. The molecule has 2 aromatic rings. The van der Waals surface area contributed by atoms with E-state index in [4.69, 9.17) is 0 Å². The number of nitrogens with zero attached hydrogens (tertiary/aromatic N) is 5. The summed E-state index contributed by atoms with van der Waals surface area (Å²) < 4.78 is 0. The smallest absolute Gasteiger partial charge is 0.197 e. The third-order valence-corrected chi connectivity index (χ3v) is 4.29. The third-order valence-electron chi connectivity index (χ3n) is 4.29. The van der Waals surface area contributed by atoms with Gasteiger partial charge in [0.1, 0.15) is 0 Å². The highest BCUT2D eigenvalue weighted by Crippen LogP contribution is 2.23. The van der Waals surface area contributed by atoms with Gasteiger partial charge in [-0.2, -0.15) is 0 Å². The lowest BCUT2D eigenvalue weighted by molar-refractivity contribution is 0.647. The molecule has 7 heteroatoms. The van der Waals surface area contributed by atoms with Crippen LogP contribution in [0.4, 0.5) is 17.3 Å². The molecule has 1 fully saturated rings. The van der Waals surface area contributed by atoms with Gasteiger partial charge in [0.25, 0.3) is 0 Å². The van der Waals surface area contributed by atoms with Crippen LogP contribution in [0.15, 0.2) is 47.7 Å². The van der Waals surface area contributed by atoms with Gasteiger partial charge in [-0.1, -0.05) is 18.2 Å². The van der Waals surface area contributed by atoms with Gasteiger partial charge < -0.3 is 20.4 Å². The molecule has 0 saturated carbocycles. The lowest BCUT2D eigenvalue weighted by Crippen LogP contribution is -2.47. The summed E-state index contributed by atoms with van der Waals surface area (Å²) in [5, 5.41) is 6.47. The maximum atomic E-state index is 4.54. The predicted octanol–water partition coefficient (Wildman–Crippen LogP) is 1.17. The van der Waals surface area contributed by atoms with Crippen LogP contribution in [0.1, 0.15) is 0 Å². The van der Waals surface area contributed by atoms with Crippen molar-refractivity contribution >= 4 is 23.3 Å². The molecule has 0 spiro atoms. The molecule has 0 radical (unpaired) electrons. The van der Waals surface area contributed by atoms with E-state index in [1.54, 1.807) is 12.4 Å². The molecule has 1 saturated heterocycles. The molecule has 124 valence electrons. The van der Waals surface area contributed by atoms with Crippen LogP contribution in [0, 0.1) is 0 Å². The SMILES string of the molecule is c1ccc(N2CCN(c3nccnc3NC3=NCCN3)CC2)cc1. The predicted molar refractivity (Wildman–Crippen MR) is 96.8 cm³/mol. The summed E-state index contributed by atoms with van der Waals surface area (Å²) in [6.07, 6.45) is 3.45. The fourth-order valence-electron chi connectivity index (χ4n) is 3.06. The van der Waals surface area contributed by atoms with Gasteiger partial charge in [0.05, 0.1) is 6.54 Å². The quantitative estimate of drug-likeness (QED) is 0.884. The Hall–Kier alpha value is -2.83. The fourth-order valence-corrected chi connectivity index (χ4v) is 3.06. The number of nitrogens with one attached hydrogen (secondary N) is 2. The summed E-state index contributed by atoms with van der Waals surface area (Å²) in [5.74, 6) is 2.43. The molecule has 7 nitrogen and oxygen atoms in total. The van der Waals surface area contributed by atoms with Gasteiger partial charge in [-0.25, -0.2) is 9.97 Å². The minimum Gasteiger partial charge on any atom is -0.368 e. The maximum absolute atomic E-state index is 4.54. The molecular formula is C17H21N7. The Morgan fingerprint density at radius 3 is 2.42 bits per heavy atom. The van der Waals surface area contributed by atoms with Crippen LogP contribution >= 0.6 is 0 Å². The van der Waals surface area contributed by atoms with Crippen molar-refractivity contribution in [1.82, 2.24) is 15.3 Å². The second-order valence-electron chi connectivity index (χ2n) is 5.82. The summed E-state index contributed by atoms with van der Waals surface area (Å²) in [6, 6.07) is 10.5. The Balaban J connectivity index is 1.45. The highest BCUT2D eigenvalue weighted by Gasteiger charge is 2.21. The number of aliphatic imine (C=N–C) groups is 1. The fraction of sp³-hybridized carbons (Fsp3) is 0.353. The number of benzene rings is 1. The van der Waals surface area contributed by atoms with Gasteiger partial charge in [-0.15, -0.1) is 0 Å². The van der Waals surface area contributed by atoms with Crippen LogP contribution in [-0.4, -0.2) is 55.2 Å². The van der Waals surface area contributed by atoms with Gasteiger partial charge in [0.2, 0.25) is 0 Å². The second kappa shape index (κ2) is 6.74. The van der Waals surface area contributed by atoms with Gasteiger partial charge in [0, 0.05) is 50.8 Å². The standard InChI is InChI=1S/C17H21N7/c1-2-4-14(5-3-1)23-10-12-24(13-11-23)16-15(18-6-7-19-16)22-17-20-8-9-21-17/h1-7H,8-13H2,(H2,18,20,21,22). The van der Waals surface area contributed by atoms with E-state index >= 15 is 0 Å². The van der Waals surface area contributed by atoms with E-state index in [9.17, 15) is 0 Å². The minimum atomic E-state index is 0.763. The average Bonchev–Trinajstić information content (AvgIpc) is 3.16. The van der Waals surface area contributed by atoms with Crippen molar-refractivity contribution in [3.05, 3.63) is 42.7 Å². The minimum absolute atomic E-state index is 0.763. The molecule has 3 heterocycles. The first-order valence-corrected chi connectivity index (χ1v) is 8.31. The molecular weight excluding hydrogens is 302 g/mol. The zero-order chi connectivity index (χ0) is 16.2. The second-order valence-corrected chi connectivity index (χ2v) is 5.82. The maximum Gasteiger partial charge on any atom is 0.197 e. The monoisotopic (exact) mass is 323 g/mol. The molecule has 2 aliphatic rings. The number of hydrogen-bond acceptors (Lipinski definition) is 7. The van der Waals surface area contributed by atoms with E-state index in [1.165, 1.54) is 5.69 Å². The summed E-state index contributed by atoms with van der Waals surface area (Å²) in [7, 11) is 0. The molecule has 0 atom stereocenters. The van der Waals surface area contributed by atoms with Crippen molar-refractivity contribution in [2.24, 2.45) is 4.99 Å². The summed E-state index contributed by atoms with van der Waals surface area (Å²) >= 11 is 0. The number of hydrogen-bond donors (Lipinski definition) is 2. The number of aromatic nitrogens is 2. The van der Waals surface area contributed by atoms with E-state index in [0.29, 0.717) is 0 Å². The van der Waals surface area contributed by atoms with Crippen molar-refractivity contribution < 1.29 is 0 Å². The van der Waals surface area contributed by atoms with Crippen molar-refractivity contribution in [2.75, 3.05) is 54.4 Å². The Morgan fingerprint density at radius 1 is 0.917 bits per heavy atom. The topological polar surface area (TPSA) is 68.7 Å². The number of piperazine rings is 1. The number of rotatable bonds is 3. The van der Waals surface area contributed by atoms with Crippen molar-refractivity contribution in [3.63, 3.8) is 0 Å². The molecule has 2 N–H and O–H groups in total. The highest BCUT2D eigenvalue weighted by atomic mass is 15.3. The Morgan fingerprint density at radius 2 is 1.67 bits per heavy atom. The molecule has 1 aromatic carbocycles. The zero-order valence-corrected chi connectivity index (χ0v) is 13.5. The van der Waals surface area contributed by atoms with Crippen LogP contribution in [0.25, 0.3) is 0 Å². The number of guanidine groups is 1. The summed E-state index contributed by atoms with van der Waals surface area (Å²) in [5.41, 5.74) is 1.28. The van der Waals surface area contributed by atoms with Gasteiger partial charge in [-0.3, -0.25) is 4.99 Å². The van der Waals surface area contributed by atoms with E-state index < -0.39 is 0 Å². The van der Waals surface area contributed by atoms with Crippen molar-refractivity contribution in [1.29, 1.82) is 0 Å². The van der Waals surface area contributed by atoms with Crippen LogP contribution in [0.2, 0.25) is 0 Å². The van der Waals surface area contributed by atoms with Crippen LogP contribution < -0.4 is 20.4 Å². The molecule has 0 unspecified atom stereocenters. The first-order chi connectivity index (χ1) is 11.9. The van der Waals surface area contributed by atoms with Crippen LogP contribution in [-0.2, 0) is 0 Å². The number of para-hydroxylation sites is 1. The highest BCUT2D eigenvalue weighted by molar-refractivity contribution is 5.95. The normalized spacial score (nSPS) is 17.4. The third kappa shape index (κ3) is 3.10. The largest absolute Gasteiger partial charge is 0.368 e. The molecule has 24 heavy (non-hydrogen) atoms. The Kier molecular flexibility index (Phi) is 4.14. The molecule has 4 rings (SSSR count). The van der Waals surface area contributed by atoms with E-state index in [0.717, 1.165) is 56.9 Å².